The highest BCUT2D eigenvalue weighted by molar-refractivity contribution is 7.71. The molecule has 5 heteroatoms. The van der Waals surface area contributed by atoms with Crippen molar-refractivity contribution in [3.8, 4) is 5.75 Å². The van der Waals surface area contributed by atoms with Crippen LogP contribution >= 0.6 is 12.2 Å². The van der Waals surface area contributed by atoms with E-state index >= 15 is 0 Å². The van der Waals surface area contributed by atoms with Crippen LogP contribution in [0.4, 0.5) is 0 Å². The van der Waals surface area contributed by atoms with E-state index in [9.17, 15) is 0 Å². The molecule has 2 aromatic rings. The highest BCUT2D eigenvalue weighted by atomic mass is 32.1. The number of hydrogen-bond donors (Lipinski definition) is 1. The van der Waals surface area contributed by atoms with E-state index in [1.807, 2.05) is 42.8 Å². The Balaban J connectivity index is 2.02. The Labute approximate surface area is 105 Å². The quantitative estimate of drug-likeness (QED) is 0.847. The molecule has 0 spiro atoms. The summed E-state index contributed by atoms with van der Waals surface area (Å²) in [5, 5.41) is 3.09. The summed E-state index contributed by atoms with van der Waals surface area (Å²) in [7, 11) is 0. The second-order valence-corrected chi connectivity index (χ2v) is 4.16. The molecular formula is C12H15N3OS. The molecule has 0 aliphatic carbocycles. The average Bonchev–Trinajstić information content (AvgIpc) is 2.69. The third-order valence-corrected chi connectivity index (χ3v) is 2.75. The van der Waals surface area contributed by atoms with E-state index in [1.54, 1.807) is 0 Å². The molecule has 0 unspecified atom stereocenters. The third kappa shape index (κ3) is 2.94. The molecule has 2 rings (SSSR count). The minimum Gasteiger partial charge on any atom is -0.486 e. The second kappa shape index (κ2) is 5.14. The Morgan fingerprint density at radius 3 is 2.65 bits per heavy atom. The van der Waals surface area contributed by atoms with Crippen LogP contribution in [0.5, 0.6) is 5.75 Å². The Morgan fingerprint density at radius 1 is 1.35 bits per heavy atom. The largest absolute Gasteiger partial charge is 0.486 e. The minimum atomic E-state index is 0.402. The summed E-state index contributed by atoms with van der Waals surface area (Å²) in [6, 6.07) is 7.92. The molecule has 90 valence electrons. The Bertz CT molecular complexity index is 542. The molecule has 0 fully saturated rings. The van der Waals surface area contributed by atoms with Crippen LogP contribution in [0.3, 0.4) is 0 Å². The summed E-state index contributed by atoms with van der Waals surface area (Å²) in [6.07, 6.45) is 0. The lowest BCUT2D eigenvalue weighted by molar-refractivity contribution is 0.295. The van der Waals surface area contributed by atoms with Crippen LogP contribution in [-0.2, 0) is 13.2 Å². The number of aryl methyl sites for hydroxylation is 2. The maximum Gasteiger partial charge on any atom is 0.216 e. The van der Waals surface area contributed by atoms with Gasteiger partial charge in [-0.25, -0.2) is 4.98 Å². The first-order chi connectivity index (χ1) is 8.19. The molecule has 0 radical (unpaired) electrons. The number of rotatable bonds is 4. The summed E-state index contributed by atoms with van der Waals surface area (Å²) in [4.78, 5) is 4.21. The van der Waals surface area contributed by atoms with Gasteiger partial charge in [0.1, 0.15) is 12.4 Å². The summed E-state index contributed by atoms with van der Waals surface area (Å²) in [5.74, 6) is 1.58. The lowest BCUT2D eigenvalue weighted by Crippen LogP contribution is -2.00. The molecule has 0 saturated carbocycles. The predicted octanol–water partition coefficient (Wildman–Crippen LogP) is 2.85. The van der Waals surface area contributed by atoms with Crippen LogP contribution < -0.4 is 4.74 Å². The van der Waals surface area contributed by atoms with Crippen LogP contribution in [0.15, 0.2) is 24.3 Å². The third-order valence-electron chi connectivity index (χ3n) is 2.44. The van der Waals surface area contributed by atoms with Crippen molar-refractivity contribution in [1.82, 2.24) is 14.8 Å². The predicted molar refractivity (Wildman–Crippen MR) is 68.6 cm³/mol. The summed E-state index contributed by atoms with van der Waals surface area (Å²) >= 11 is 5.09. The molecule has 1 heterocycles. The normalized spacial score (nSPS) is 10.5. The van der Waals surface area contributed by atoms with Crippen LogP contribution in [0.2, 0.25) is 0 Å². The zero-order chi connectivity index (χ0) is 12.3. The molecule has 0 aliphatic heterocycles. The zero-order valence-electron chi connectivity index (χ0n) is 9.93. The van der Waals surface area contributed by atoms with Crippen LogP contribution in [0, 0.1) is 11.7 Å². The van der Waals surface area contributed by atoms with Crippen molar-refractivity contribution < 1.29 is 4.74 Å². The topological polar surface area (TPSA) is 42.8 Å². The maximum absolute atomic E-state index is 5.61. The van der Waals surface area contributed by atoms with Gasteiger partial charge in [0.05, 0.1) is 0 Å². The second-order valence-electron chi connectivity index (χ2n) is 3.80. The Kier molecular flexibility index (Phi) is 3.58. The monoisotopic (exact) mass is 249 g/mol. The fourth-order valence-electron chi connectivity index (χ4n) is 1.47. The van der Waals surface area contributed by atoms with Gasteiger partial charge in [0.25, 0.3) is 0 Å². The standard InChI is InChI=1S/C12H15N3OS/c1-3-15-12(17)13-11(14-15)8-16-10-6-4-9(2)5-7-10/h4-7H,3,8H2,1-2H3,(H,13,14,17). The summed E-state index contributed by atoms with van der Waals surface area (Å²) in [6.45, 7) is 5.25. The Hall–Kier alpha value is -1.62. The lowest BCUT2D eigenvalue weighted by atomic mass is 10.2. The van der Waals surface area contributed by atoms with Crippen LogP contribution in [0.25, 0.3) is 0 Å². The molecule has 1 aromatic carbocycles. The van der Waals surface area contributed by atoms with Crippen molar-refractivity contribution in [3.05, 3.63) is 40.4 Å². The molecular weight excluding hydrogens is 234 g/mol. The van der Waals surface area contributed by atoms with E-state index in [1.165, 1.54) is 5.56 Å². The Morgan fingerprint density at radius 2 is 2.06 bits per heavy atom. The van der Waals surface area contributed by atoms with E-state index in [0.29, 0.717) is 11.4 Å². The molecule has 0 saturated heterocycles. The molecule has 1 N–H and O–H groups in total. The van der Waals surface area contributed by atoms with E-state index in [2.05, 4.69) is 10.1 Å². The number of benzene rings is 1. The number of ether oxygens (including phenoxy) is 1. The summed E-state index contributed by atoms with van der Waals surface area (Å²) < 4.78 is 7.98. The maximum atomic E-state index is 5.61. The number of aromatic amines is 1. The smallest absolute Gasteiger partial charge is 0.216 e. The van der Waals surface area contributed by atoms with Gasteiger partial charge in [-0.15, -0.1) is 0 Å². The van der Waals surface area contributed by atoms with Crippen molar-refractivity contribution in [2.45, 2.75) is 27.0 Å². The first kappa shape index (κ1) is 11.9. The molecule has 17 heavy (non-hydrogen) atoms. The number of aromatic nitrogens is 3. The molecule has 0 bridgehead atoms. The van der Waals surface area contributed by atoms with Gasteiger partial charge in [-0.05, 0) is 38.2 Å². The van der Waals surface area contributed by atoms with Gasteiger partial charge in [-0.3, -0.25) is 9.78 Å². The highest BCUT2D eigenvalue weighted by Crippen LogP contribution is 2.12. The average molecular weight is 249 g/mol. The highest BCUT2D eigenvalue weighted by Gasteiger charge is 2.01. The van der Waals surface area contributed by atoms with Crippen LogP contribution in [0.1, 0.15) is 18.3 Å². The van der Waals surface area contributed by atoms with E-state index < -0.39 is 0 Å². The number of nitrogens with zero attached hydrogens (tertiary/aromatic N) is 2. The molecule has 4 nitrogen and oxygen atoms in total. The summed E-state index contributed by atoms with van der Waals surface area (Å²) in [5.41, 5.74) is 1.21. The van der Waals surface area contributed by atoms with E-state index in [0.717, 1.165) is 18.1 Å². The fraction of sp³-hybridized carbons (Fsp3) is 0.333. The van der Waals surface area contributed by atoms with Gasteiger partial charge in [0, 0.05) is 6.54 Å². The molecule has 1 aromatic heterocycles. The van der Waals surface area contributed by atoms with Crippen molar-refractivity contribution >= 4 is 12.2 Å². The first-order valence-electron chi connectivity index (χ1n) is 5.54. The van der Waals surface area contributed by atoms with Crippen molar-refractivity contribution in [2.75, 3.05) is 0 Å². The molecule has 0 amide bonds. The SMILES string of the molecule is CCn1[nH]c(COc2ccc(C)cc2)nc1=S. The molecule has 0 atom stereocenters. The number of nitrogens with one attached hydrogen (secondary N) is 1. The fourth-order valence-corrected chi connectivity index (χ4v) is 1.75. The van der Waals surface area contributed by atoms with Crippen molar-refractivity contribution in [1.29, 1.82) is 0 Å². The van der Waals surface area contributed by atoms with Crippen LogP contribution in [-0.4, -0.2) is 14.8 Å². The van der Waals surface area contributed by atoms with Gasteiger partial charge in [0.15, 0.2) is 5.82 Å². The van der Waals surface area contributed by atoms with E-state index in [4.69, 9.17) is 17.0 Å². The van der Waals surface area contributed by atoms with Crippen molar-refractivity contribution in [3.63, 3.8) is 0 Å². The van der Waals surface area contributed by atoms with Crippen molar-refractivity contribution in [2.24, 2.45) is 0 Å². The number of H-pyrrole nitrogens is 1. The van der Waals surface area contributed by atoms with Gasteiger partial charge >= 0.3 is 0 Å². The van der Waals surface area contributed by atoms with Gasteiger partial charge in [-0.2, -0.15) is 0 Å². The zero-order valence-corrected chi connectivity index (χ0v) is 10.8. The van der Waals surface area contributed by atoms with Gasteiger partial charge in [0.2, 0.25) is 4.77 Å². The first-order valence-corrected chi connectivity index (χ1v) is 5.95. The van der Waals surface area contributed by atoms with Gasteiger partial charge in [-0.1, -0.05) is 17.7 Å². The van der Waals surface area contributed by atoms with E-state index in [-0.39, 0.29) is 0 Å². The minimum absolute atomic E-state index is 0.402. The number of hydrogen-bond acceptors (Lipinski definition) is 3. The molecule has 0 aliphatic rings. The lowest BCUT2D eigenvalue weighted by Gasteiger charge is -2.03. The van der Waals surface area contributed by atoms with Gasteiger partial charge < -0.3 is 4.74 Å².